The van der Waals surface area contributed by atoms with Gasteiger partial charge in [0.2, 0.25) is 0 Å². The molecule has 0 amide bonds. The first kappa shape index (κ1) is 13.8. The number of hydrogen-bond acceptors (Lipinski definition) is 2. The van der Waals surface area contributed by atoms with Gasteiger partial charge in [0.1, 0.15) is 5.82 Å². The Kier molecular flexibility index (Phi) is 4.05. The number of H-pyrrole nitrogens is 1. The third kappa shape index (κ3) is 2.87. The van der Waals surface area contributed by atoms with Crippen LogP contribution in [0, 0.1) is 13.8 Å². The van der Waals surface area contributed by atoms with Crippen LogP contribution < -0.4 is 5.73 Å². The number of nitrogens with one attached hydrogen (secondary N) is 1. The van der Waals surface area contributed by atoms with Gasteiger partial charge in [-0.2, -0.15) is 0 Å². The molecule has 1 aromatic carbocycles. The molecule has 0 radical (unpaired) electrons. The van der Waals surface area contributed by atoms with Crippen LogP contribution in [0.25, 0.3) is 11.3 Å². The maximum Gasteiger partial charge on any atom is 0.108 e. The van der Waals surface area contributed by atoms with Crippen molar-refractivity contribution in [3.05, 3.63) is 40.8 Å². The summed E-state index contributed by atoms with van der Waals surface area (Å²) in [6.07, 6.45) is 0.795. The van der Waals surface area contributed by atoms with E-state index < -0.39 is 0 Å². The summed E-state index contributed by atoms with van der Waals surface area (Å²) in [6, 6.07) is 6.64. The number of hydrogen-bond donors (Lipinski definition) is 2. The minimum atomic E-state index is 0.530. The lowest BCUT2D eigenvalue weighted by Gasteiger charge is -2.10. The summed E-state index contributed by atoms with van der Waals surface area (Å²) in [5.41, 5.74) is 11.6. The van der Waals surface area contributed by atoms with Gasteiger partial charge in [-0.05, 0) is 43.5 Å². The van der Waals surface area contributed by atoms with Gasteiger partial charge in [-0.3, -0.25) is 0 Å². The number of rotatable bonds is 4. The van der Waals surface area contributed by atoms with Gasteiger partial charge in [-0.1, -0.05) is 26.0 Å². The molecule has 102 valence electrons. The summed E-state index contributed by atoms with van der Waals surface area (Å²) >= 11 is 0. The van der Waals surface area contributed by atoms with Gasteiger partial charge in [-0.15, -0.1) is 0 Å². The molecule has 0 saturated heterocycles. The summed E-state index contributed by atoms with van der Waals surface area (Å²) in [4.78, 5) is 8.02. The Morgan fingerprint density at radius 3 is 2.63 bits per heavy atom. The van der Waals surface area contributed by atoms with Crippen LogP contribution in [0.2, 0.25) is 0 Å². The van der Waals surface area contributed by atoms with Crippen molar-refractivity contribution in [2.24, 2.45) is 5.73 Å². The molecule has 1 aromatic heterocycles. The molecule has 0 spiro atoms. The topological polar surface area (TPSA) is 54.7 Å². The maximum absolute atomic E-state index is 5.59. The molecule has 0 saturated carbocycles. The number of benzene rings is 1. The molecule has 19 heavy (non-hydrogen) atoms. The van der Waals surface area contributed by atoms with Crippen LogP contribution >= 0.6 is 0 Å². The highest BCUT2D eigenvalue weighted by Gasteiger charge is 2.12. The second-order valence-electron chi connectivity index (χ2n) is 5.42. The molecule has 2 rings (SSSR count). The Morgan fingerprint density at radius 1 is 1.26 bits per heavy atom. The molecular formula is C16H23N3. The van der Waals surface area contributed by atoms with Gasteiger partial charge in [-0.25, -0.2) is 4.98 Å². The monoisotopic (exact) mass is 257 g/mol. The molecule has 2 aromatic rings. The van der Waals surface area contributed by atoms with Gasteiger partial charge < -0.3 is 10.7 Å². The van der Waals surface area contributed by atoms with E-state index in [0.29, 0.717) is 12.5 Å². The Balaban J connectivity index is 2.48. The molecule has 0 aliphatic carbocycles. The highest BCUT2D eigenvalue weighted by Crippen LogP contribution is 2.28. The second-order valence-corrected chi connectivity index (χ2v) is 5.42. The van der Waals surface area contributed by atoms with Gasteiger partial charge in [0.25, 0.3) is 0 Å². The van der Waals surface area contributed by atoms with Crippen molar-refractivity contribution < 1.29 is 0 Å². The molecule has 1 heterocycles. The zero-order valence-corrected chi connectivity index (χ0v) is 12.2. The molecule has 0 aliphatic heterocycles. The first-order chi connectivity index (χ1) is 9.02. The Hall–Kier alpha value is -1.61. The van der Waals surface area contributed by atoms with Crippen molar-refractivity contribution >= 4 is 0 Å². The summed E-state index contributed by atoms with van der Waals surface area (Å²) < 4.78 is 0. The van der Waals surface area contributed by atoms with E-state index >= 15 is 0 Å². The van der Waals surface area contributed by atoms with E-state index in [4.69, 9.17) is 10.7 Å². The lowest BCUT2D eigenvalue weighted by molar-refractivity contribution is 0.866. The zero-order valence-electron chi connectivity index (χ0n) is 12.2. The molecule has 3 heteroatoms. The quantitative estimate of drug-likeness (QED) is 0.882. The fourth-order valence-electron chi connectivity index (χ4n) is 2.29. The highest BCUT2D eigenvalue weighted by molar-refractivity contribution is 5.67. The number of nitrogens with zero attached hydrogens (tertiary/aromatic N) is 1. The minimum absolute atomic E-state index is 0.530. The van der Waals surface area contributed by atoms with Crippen molar-refractivity contribution in [3.63, 3.8) is 0 Å². The van der Waals surface area contributed by atoms with Gasteiger partial charge in [0, 0.05) is 17.7 Å². The first-order valence-corrected chi connectivity index (χ1v) is 6.89. The molecule has 3 nitrogen and oxygen atoms in total. The van der Waals surface area contributed by atoms with Crippen molar-refractivity contribution in [3.8, 4) is 11.3 Å². The van der Waals surface area contributed by atoms with Crippen LogP contribution in [0.1, 0.15) is 42.4 Å². The SMILES string of the molecule is Cc1ccc(C(C)C)cc1-c1nc(CCN)[nH]c1C. The molecule has 0 atom stereocenters. The highest BCUT2D eigenvalue weighted by atomic mass is 14.9. The number of nitrogens with two attached hydrogens (primary N) is 1. The third-order valence-corrected chi connectivity index (χ3v) is 3.50. The number of aryl methyl sites for hydroxylation is 2. The summed E-state index contributed by atoms with van der Waals surface area (Å²) in [6.45, 7) is 9.26. The number of aromatic nitrogens is 2. The maximum atomic E-state index is 5.59. The molecular weight excluding hydrogens is 234 g/mol. The summed E-state index contributed by atoms with van der Waals surface area (Å²) in [5, 5.41) is 0. The smallest absolute Gasteiger partial charge is 0.108 e. The van der Waals surface area contributed by atoms with Crippen LogP contribution in [-0.4, -0.2) is 16.5 Å². The van der Waals surface area contributed by atoms with Crippen molar-refractivity contribution in [1.29, 1.82) is 0 Å². The first-order valence-electron chi connectivity index (χ1n) is 6.89. The predicted molar refractivity (Wildman–Crippen MR) is 80.3 cm³/mol. The van der Waals surface area contributed by atoms with Crippen molar-refractivity contribution in [1.82, 2.24) is 9.97 Å². The fourth-order valence-corrected chi connectivity index (χ4v) is 2.29. The van der Waals surface area contributed by atoms with Crippen LogP contribution in [0.3, 0.4) is 0 Å². The van der Waals surface area contributed by atoms with Gasteiger partial charge >= 0.3 is 0 Å². The normalized spacial score (nSPS) is 11.3. The van der Waals surface area contributed by atoms with E-state index in [9.17, 15) is 0 Å². The van der Waals surface area contributed by atoms with Crippen LogP contribution in [-0.2, 0) is 6.42 Å². The van der Waals surface area contributed by atoms with Crippen LogP contribution in [0.15, 0.2) is 18.2 Å². The van der Waals surface area contributed by atoms with E-state index in [1.54, 1.807) is 0 Å². The largest absolute Gasteiger partial charge is 0.346 e. The third-order valence-electron chi connectivity index (χ3n) is 3.50. The average Bonchev–Trinajstić information content (AvgIpc) is 2.71. The van der Waals surface area contributed by atoms with E-state index in [0.717, 1.165) is 23.6 Å². The van der Waals surface area contributed by atoms with E-state index in [1.165, 1.54) is 16.7 Å². The van der Waals surface area contributed by atoms with Gasteiger partial charge in [0.05, 0.1) is 5.69 Å². The zero-order chi connectivity index (χ0) is 14.0. The van der Waals surface area contributed by atoms with E-state index in [-0.39, 0.29) is 0 Å². The average molecular weight is 257 g/mol. The van der Waals surface area contributed by atoms with E-state index in [1.807, 2.05) is 0 Å². The Morgan fingerprint density at radius 2 is 2.00 bits per heavy atom. The standard InChI is InChI=1S/C16H23N3/c1-10(2)13-6-5-11(3)14(9-13)16-12(4)18-15(19-16)7-8-17/h5-6,9-10H,7-8,17H2,1-4H3,(H,18,19). The molecule has 0 bridgehead atoms. The van der Waals surface area contributed by atoms with Crippen molar-refractivity contribution in [2.45, 2.75) is 40.0 Å². The molecule has 3 N–H and O–H groups in total. The number of imidazole rings is 1. The van der Waals surface area contributed by atoms with Crippen molar-refractivity contribution in [2.75, 3.05) is 6.54 Å². The minimum Gasteiger partial charge on any atom is -0.346 e. The van der Waals surface area contributed by atoms with Crippen LogP contribution in [0.5, 0.6) is 0 Å². The van der Waals surface area contributed by atoms with Gasteiger partial charge in [0.15, 0.2) is 0 Å². The predicted octanol–water partition coefficient (Wildman–Crippen LogP) is 3.32. The molecule has 0 unspecified atom stereocenters. The van der Waals surface area contributed by atoms with E-state index in [2.05, 4.69) is 50.9 Å². The lowest BCUT2D eigenvalue weighted by atomic mass is 9.96. The summed E-state index contributed by atoms with van der Waals surface area (Å²) in [7, 11) is 0. The Bertz CT molecular complexity index is 567. The fraction of sp³-hybridized carbons (Fsp3) is 0.438. The number of aromatic amines is 1. The molecule has 0 aliphatic rings. The van der Waals surface area contributed by atoms with Crippen LogP contribution in [0.4, 0.5) is 0 Å². The molecule has 0 fully saturated rings. The summed E-state index contributed by atoms with van der Waals surface area (Å²) in [5.74, 6) is 1.51. The Labute approximate surface area is 115 Å². The lowest BCUT2D eigenvalue weighted by Crippen LogP contribution is -2.03. The second kappa shape index (κ2) is 5.57.